The molecule has 0 aliphatic heterocycles. The van der Waals surface area contributed by atoms with Gasteiger partial charge in [-0.3, -0.25) is 4.21 Å². The van der Waals surface area contributed by atoms with Crippen molar-refractivity contribution in [2.24, 2.45) is 0 Å². The summed E-state index contributed by atoms with van der Waals surface area (Å²) in [6.07, 6.45) is 3.28. The smallest absolute Gasteiger partial charge is 0.0148 e. The summed E-state index contributed by atoms with van der Waals surface area (Å²) in [5.41, 5.74) is 0. The molecule has 0 spiro atoms. The molecule has 0 aromatic carbocycles. The van der Waals surface area contributed by atoms with Crippen LogP contribution >= 0.6 is 49.6 Å². The van der Waals surface area contributed by atoms with Crippen LogP contribution < -0.4 is 0 Å². The third-order valence-electron chi connectivity index (χ3n) is 0. The van der Waals surface area contributed by atoms with E-state index in [2.05, 4.69) is 0 Å². The minimum Gasteiger partial charge on any atom is -0.260 e. The van der Waals surface area contributed by atoms with Crippen LogP contribution in [0.5, 0.6) is 0 Å². The maximum Gasteiger partial charge on any atom is 0.0148 e. The normalized spacial score (nSPS) is 4.38. The molecule has 0 bridgehead atoms. The van der Waals surface area contributed by atoms with Crippen LogP contribution in [-0.4, -0.2) is 16.7 Å². The topological polar surface area (TPSA) is 17.1 Å². The molecule has 1 nitrogen and oxygen atoms in total. The van der Waals surface area contributed by atoms with Crippen LogP contribution in [0.3, 0.4) is 0 Å². The quantitative estimate of drug-likeness (QED) is 0.611. The van der Waals surface area contributed by atoms with E-state index in [1.54, 1.807) is 12.5 Å². The molecule has 0 unspecified atom stereocenters. The summed E-state index contributed by atoms with van der Waals surface area (Å²) in [4.78, 5) is 0. The predicted molar refractivity (Wildman–Crippen MR) is 49.0 cm³/mol. The summed E-state index contributed by atoms with van der Waals surface area (Å²) in [6, 6.07) is 0. The summed E-state index contributed by atoms with van der Waals surface area (Å²) in [5.74, 6) is 0. The molecule has 0 aromatic rings. The van der Waals surface area contributed by atoms with Gasteiger partial charge in [-0.1, -0.05) is 0 Å². The van der Waals surface area contributed by atoms with E-state index in [9.17, 15) is 4.21 Å². The Morgan fingerprint density at radius 1 is 0.875 bits per heavy atom. The van der Waals surface area contributed by atoms with Gasteiger partial charge in [0.2, 0.25) is 0 Å². The lowest BCUT2D eigenvalue weighted by atomic mass is 11.9. The van der Waals surface area contributed by atoms with Crippen LogP contribution in [0.1, 0.15) is 0 Å². The van der Waals surface area contributed by atoms with E-state index in [0.29, 0.717) is 0 Å². The van der Waals surface area contributed by atoms with E-state index in [4.69, 9.17) is 0 Å². The highest BCUT2D eigenvalue weighted by molar-refractivity contribution is 7.83. The van der Waals surface area contributed by atoms with Gasteiger partial charge in [-0.05, 0) is 0 Å². The molecule has 0 atom stereocenters. The van der Waals surface area contributed by atoms with E-state index in [1.807, 2.05) is 0 Å². The average molecular weight is 224 g/mol. The van der Waals surface area contributed by atoms with Crippen LogP contribution in [0.25, 0.3) is 0 Å². The van der Waals surface area contributed by atoms with E-state index in [0.717, 1.165) is 0 Å². The highest BCUT2D eigenvalue weighted by Gasteiger charge is 1.57. The van der Waals surface area contributed by atoms with Crippen molar-refractivity contribution in [2.45, 2.75) is 0 Å². The lowest BCUT2D eigenvalue weighted by molar-refractivity contribution is 0.690. The molecule has 0 heterocycles. The third-order valence-corrected chi connectivity index (χ3v) is 0. The minimum absolute atomic E-state index is 0. The maximum absolute atomic E-state index is 9.56. The van der Waals surface area contributed by atoms with Gasteiger partial charge in [0.1, 0.15) is 0 Å². The monoisotopic (exact) mass is 222 g/mol. The Labute approximate surface area is 77.1 Å². The first-order valence-corrected chi connectivity index (χ1v) is 2.95. The second-order valence-corrected chi connectivity index (χ2v) is 2.22. The molecular formula is C2H10Cl4OS. The number of rotatable bonds is 0. The fourth-order valence-electron chi connectivity index (χ4n) is 0. The predicted octanol–water partition coefficient (Wildman–Crippen LogP) is 1.68. The first kappa shape index (κ1) is 34.6. The number of hydrogen-bond acceptors (Lipinski definition) is 1. The molecule has 0 rings (SSSR count). The zero-order chi connectivity index (χ0) is 3.58. The Bertz CT molecular complexity index is 37.0. The minimum atomic E-state index is -0.611. The largest absolute Gasteiger partial charge is 0.260 e. The molecule has 0 N–H and O–H groups in total. The van der Waals surface area contributed by atoms with Crippen molar-refractivity contribution in [1.82, 2.24) is 0 Å². The Morgan fingerprint density at radius 3 is 0.875 bits per heavy atom. The zero-order valence-corrected chi connectivity index (χ0v) is 8.53. The Hall–Kier alpha value is 1.31. The van der Waals surface area contributed by atoms with Crippen molar-refractivity contribution in [3.8, 4) is 0 Å². The molecule has 0 aliphatic carbocycles. The van der Waals surface area contributed by atoms with Gasteiger partial charge in [0, 0.05) is 23.3 Å². The van der Waals surface area contributed by atoms with Crippen molar-refractivity contribution in [3.05, 3.63) is 0 Å². The number of halogens is 4. The summed E-state index contributed by atoms with van der Waals surface area (Å²) >= 11 is 0. The number of hydrogen-bond donors (Lipinski definition) is 0. The first-order valence-electron chi connectivity index (χ1n) is 0.983. The molecule has 0 saturated heterocycles. The molecular weight excluding hydrogens is 214 g/mol. The maximum atomic E-state index is 9.56. The highest BCUT2D eigenvalue weighted by Crippen LogP contribution is 1.47. The van der Waals surface area contributed by atoms with Gasteiger partial charge in [-0.2, -0.15) is 0 Å². The molecule has 6 heteroatoms. The highest BCUT2D eigenvalue weighted by atomic mass is 35.5. The van der Waals surface area contributed by atoms with E-state index >= 15 is 0 Å². The first-order chi connectivity index (χ1) is 1.73. The van der Waals surface area contributed by atoms with Crippen molar-refractivity contribution in [2.75, 3.05) is 12.5 Å². The standard InChI is InChI=1S/C2H6OS.4ClH/c1-4(2)3;;;;/h1-2H3;4*1H. The van der Waals surface area contributed by atoms with Crippen molar-refractivity contribution in [3.63, 3.8) is 0 Å². The third kappa shape index (κ3) is 170. The molecule has 8 heavy (non-hydrogen) atoms. The van der Waals surface area contributed by atoms with Crippen molar-refractivity contribution in [1.29, 1.82) is 0 Å². The van der Waals surface area contributed by atoms with Crippen LogP contribution in [0.2, 0.25) is 0 Å². The van der Waals surface area contributed by atoms with Crippen LogP contribution in [0, 0.1) is 0 Å². The van der Waals surface area contributed by atoms with Gasteiger partial charge in [0.15, 0.2) is 0 Å². The zero-order valence-electron chi connectivity index (χ0n) is 4.45. The second kappa shape index (κ2) is 23.9. The summed E-state index contributed by atoms with van der Waals surface area (Å²) in [7, 11) is -0.611. The Kier molecular flexibility index (Phi) is 103. The van der Waals surface area contributed by atoms with Crippen LogP contribution in [0.15, 0.2) is 0 Å². The lowest BCUT2D eigenvalue weighted by Crippen LogP contribution is -1.70. The fourth-order valence-corrected chi connectivity index (χ4v) is 0. The van der Waals surface area contributed by atoms with Gasteiger partial charge in [-0.25, -0.2) is 0 Å². The molecule has 58 valence electrons. The van der Waals surface area contributed by atoms with Crippen LogP contribution in [0.4, 0.5) is 0 Å². The van der Waals surface area contributed by atoms with Gasteiger partial charge in [0.25, 0.3) is 0 Å². The van der Waals surface area contributed by atoms with Gasteiger partial charge in [-0.15, -0.1) is 49.6 Å². The Morgan fingerprint density at radius 2 is 0.875 bits per heavy atom. The van der Waals surface area contributed by atoms with E-state index in [-0.39, 0.29) is 49.6 Å². The van der Waals surface area contributed by atoms with E-state index < -0.39 is 10.8 Å². The average Bonchev–Trinajstić information content (AvgIpc) is 0.811. The van der Waals surface area contributed by atoms with Crippen LogP contribution in [-0.2, 0) is 10.8 Å². The second-order valence-electron chi connectivity index (χ2n) is 0.742. The molecule has 0 radical (unpaired) electrons. The summed E-state index contributed by atoms with van der Waals surface area (Å²) < 4.78 is 9.56. The Balaban J connectivity index is -0.00000000750. The van der Waals surface area contributed by atoms with Gasteiger partial charge in [0.05, 0.1) is 0 Å². The molecule has 0 aromatic heterocycles. The van der Waals surface area contributed by atoms with Crippen molar-refractivity contribution >= 4 is 60.4 Å². The SMILES string of the molecule is CS(C)=O.Cl.Cl.Cl.Cl. The lowest BCUT2D eigenvalue weighted by Gasteiger charge is -1.60. The summed E-state index contributed by atoms with van der Waals surface area (Å²) in [5, 5.41) is 0. The molecule has 0 fully saturated rings. The molecule has 0 aliphatic rings. The van der Waals surface area contributed by atoms with Crippen molar-refractivity contribution < 1.29 is 4.21 Å². The van der Waals surface area contributed by atoms with Gasteiger partial charge >= 0.3 is 0 Å². The molecule has 0 saturated carbocycles. The van der Waals surface area contributed by atoms with E-state index in [1.165, 1.54) is 0 Å². The molecule has 0 amide bonds. The summed E-state index contributed by atoms with van der Waals surface area (Å²) in [6.45, 7) is 0. The van der Waals surface area contributed by atoms with Gasteiger partial charge < -0.3 is 0 Å². The fraction of sp³-hybridized carbons (Fsp3) is 1.00.